The molecule has 1 nitrogen and oxygen atoms in total. The minimum atomic E-state index is -0.302. The van der Waals surface area contributed by atoms with Crippen LogP contribution in [-0.2, 0) is 0 Å². The molecular weight excluding hydrogens is 201 g/mol. The molecule has 1 aromatic carbocycles. The van der Waals surface area contributed by atoms with Gasteiger partial charge < -0.3 is 5.32 Å². The van der Waals surface area contributed by atoms with Crippen molar-refractivity contribution in [3.63, 3.8) is 0 Å². The van der Waals surface area contributed by atoms with Crippen molar-refractivity contribution >= 4 is 11.6 Å². The average Bonchev–Trinajstić information content (AvgIpc) is 2.15. The summed E-state index contributed by atoms with van der Waals surface area (Å²) >= 11 is 5.66. The zero-order chi connectivity index (χ0) is 10.6. The molecule has 1 aromatic rings. The maximum absolute atomic E-state index is 13.4. The normalized spacial score (nSPS) is 12.5. The van der Waals surface area contributed by atoms with Crippen LogP contribution in [-0.4, -0.2) is 6.54 Å². The fourth-order valence-corrected chi connectivity index (χ4v) is 1.45. The molecule has 0 aliphatic heterocycles. The van der Waals surface area contributed by atoms with Gasteiger partial charge in [0.15, 0.2) is 0 Å². The highest BCUT2D eigenvalue weighted by Gasteiger charge is 2.10. The van der Waals surface area contributed by atoms with Crippen LogP contribution in [0.15, 0.2) is 30.9 Å². The second kappa shape index (κ2) is 5.13. The van der Waals surface area contributed by atoms with Gasteiger partial charge in [-0.3, -0.25) is 0 Å². The van der Waals surface area contributed by atoms with Crippen LogP contribution in [0.4, 0.5) is 4.39 Å². The van der Waals surface area contributed by atoms with Crippen molar-refractivity contribution in [3.8, 4) is 0 Å². The van der Waals surface area contributed by atoms with Crippen LogP contribution < -0.4 is 5.32 Å². The third kappa shape index (κ3) is 2.56. The third-order valence-electron chi connectivity index (χ3n) is 1.96. The van der Waals surface area contributed by atoms with Gasteiger partial charge in [0, 0.05) is 10.6 Å². The molecule has 0 saturated carbocycles. The Morgan fingerprint density at radius 1 is 1.64 bits per heavy atom. The topological polar surface area (TPSA) is 12.0 Å². The fourth-order valence-electron chi connectivity index (χ4n) is 1.29. The summed E-state index contributed by atoms with van der Waals surface area (Å²) in [4.78, 5) is 0. The van der Waals surface area contributed by atoms with Crippen molar-refractivity contribution in [1.82, 2.24) is 5.32 Å². The number of hydrogen-bond donors (Lipinski definition) is 1. The minimum Gasteiger partial charge on any atom is -0.307 e. The quantitative estimate of drug-likeness (QED) is 0.757. The summed E-state index contributed by atoms with van der Waals surface area (Å²) in [5.74, 6) is -0.302. The van der Waals surface area contributed by atoms with Crippen molar-refractivity contribution in [3.05, 3.63) is 47.3 Å². The lowest BCUT2D eigenvalue weighted by molar-refractivity contribution is 0.567. The van der Waals surface area contributed by atoms with Gasteiger partial charge in [-0.05, 0) is 18.7 Å². The molecule has 1 unspecified atom stereocenters. The van der Waals surface area contributed by atoms with Crippen LogP contribution >= 0.6 is 11.6 Å². The van der Waals surface area contributed by atoms with Crippen LogP contribution in [0.1, 0.15) is 18.5 Å². The molecule has 0 bridgehead atoms. The highest BCUT2D eigenvalue weighted by molar-refractivity contribution is 6.30. The molecule has 3 heteroatoms. The number of rotatable bonds is 4. The lowest BCUT2D eigenvalue weighted by atomic mass is 10.1. The van der Waals surface area contributed by atoms with Crippen LogP contribution in [0.25, 0.3) is 0 Å². The zero-order valence-electron chi connectivity index (χ0n) is 8.06. The van der Waals surface area contributed by atoms with E-state index in [9.17, 15) is 4.39 Å². The van der Waals surface area contributed by atoms with E-state index in [4.69, 9.17) is 11.6 Å². The summed E-state index contributed by atoms with van der Waals surface area (Å²) < 4.78 is 13.4. The monoisotopic (exact) mass is 213 g/mol. The first-order valence-electron chi connectivity index (χ1n) is 4.50. The van der Waals surface area contributed by atoms with Gasteiger partial charge in [0.25, 0.3) is 0 Å². The zero-order valence-corrected chi connectivity index (χ0v) is 8.81. The summed E-state index contributed by atoms with van der Waals surface area (Å²) in [6.45, 7) is 6.38. The molecule has 0 spiro atoms. The molecule has 0 fully saturated rings. The molecule has 0 aliphatic rings. The molecule has 76 valence electrons. The van der Waals surface area contributed by atoms with Gasteiger partial charge in [-0.25, -0.2) is 4.39 Å². The van der Waals surface area contributed by atoms with Crippen molar-refractivity contribution in [1.29, 1.82) is 0 Å². The van der Waals surface area contributed by atoms with E-state index in [-0.39, 0.29) is 11.9 Å². The van der Waals surface area contributed by atoms with E-state index in [1.54, 1.807) is 18.2 Å². The van der Waals surface area contributed by atoms with Crippen LogP contribution in [0, 0.1) is 5.82 Å². The second-order valence-electron chi connectivity index (χ2n) is 2.94. The smallest absolute Gasteiger partial charge is 0.129 e. The molecular formula is C11H13ClFN. The summed E-state index contributed by atoms with van der Waals surface area (Å²) in [6.07, 6.45) is 1.68. The molecule has 14 heavy (non-hydrogen) atoms. The first-order valence-corrected chi connectivity index (χ1v) is 4.87. The summed E-state index contributed by atoms with van der Waals surface area (Å²) in [6, 6.07) is 4.50. The average molecular weight is 214 g/mol. The standard InChI is InChI=1S/C11H13ClFN/c1-3-11(14-4-2)9-6-5-8(12)7-10(9)13/h3,5-7,11,14H,1,4H2,2H3. The third-order valence-corrected chi connectivity index (χ3v) is 2.19. The number of halogens is 2. The van der Waals surface area contributed by atoms with Gasteiger partial charge in [-0.15, -0.1) is 6.58 Å². The molecule has 0 amide bonds. The maximum atomic E-state index is 13.4. The number of hydrogen-bond acceptors (Lipinski definition) is 1. The molecule has 1 atom stereocenters. The van der Waals surface area contributed by atoms with Crippen LogP contribution in [0.2, 0.25) is 5.02 Å². The lowest BCUT2D eigenvalue weighted by Crippen LogP contribution is -2.19. The molecule has 0 saturated heterocycles. The molecule has 1 rings (SSSR count). The molecule has 0 radical (unpaired) electrons. The predicted octanol–water partition coefficient (Wildman–Crippen LogP) is 3.32. The number of benzene rings is 1. The van der Waals surface area contributed by atoms with Gasteiger partial charge >= 0.3 is 0 Å². The highest BCUT2D eigenvalue weighted by atomic mass is 35.5. The van der Waals surface area contributed by atoms with Crippen molar-refractivity contribution < 1.29 is 4.39 Å². The van der Waals surface area contributed by atoms with E-state index in [0.717, 1.165) is 6.54 Å². The van der Waals surface area contributed by atoms with Gasteiger partial charge in [0.2, 0.25) is 0 Å². The Morgan fingerprint density at radius 2 is 2.36 bits per heavy atom. The van der Waals surface area contributed by atoms with E-state index in [1.807, 2.05) is 6.92 Å². The lowest BCUT2D eigenvalue weighted by Gasteiger charge is -2.14. The van der Waals surface area contributed by atoms with Crippen molar-refractivity contribution in [2.75, 3.05) is 6.54 Å². The molecule has 0 aliphatic carbocycles. The van der Waals surface area contributed by atoms with Gasteiger partial charge in [-0.2, -0.15) is 0 Å². The number of likely N-dealkylation sites (N-methyl/N-ethyl adjacent to an activating group) is 1. The second-order valence-corrected chi connectivity index (χ2v) is 3.37. The first-order chi connectivity index (χ1) is 6.69. The van der Waals surface area contributed by atoms with Gasteiger partial charge in [0.05, 0.1) is 6.04 Å². The van der Waals surface area contributed by atoms with E-state index in [0.29, 0.717) is 10.6 Å². The Morgan fingerprint density at radius 3 is 2.86 bits per heavy atom. The SMILES string of the molecule is C=CC(NCC)c1ccc(Cl)cc1F. The number of nitrogens with one attached hydrogen (secondary N) is 1. The summed E-state index contributed by atoms with van der Waals surface area (Å²) in [7, 11) is 0. The highest BCUT2D eigenvalue weighted by Crippen LogP contribution is 2.21. The first kappa shape index (κ1) is 11.2. The summed E-state index contributed by atoms with van der Waals surface area (Å²) in [5.41, 5.74) is 0.575. The molecule has 0 aromatic heterocycles. The summed E-state index contributed by atoms with van der Waals surface area (Å²) in [5, 5.41) is 3.52. The van der Waals surface area contributed by atoms with Gasteiger partial charge in [-0.1, -0.05) is 30.7 Å². The van der Waals surface area contributed by atoms with Crippen LogP contribution in [0.3, 0.4) is 0 Å². The Bertz CT molecular complexity index is 325. The van der Waals surface area contributed by atoms with E-state index >= 15 is 0 Å². The van der Waals surface area contributed by atoms with E-state index in [2.05, 4.69) is 11.9 Å². The van der Waals surface area contributed by atoms with E-state index in [1.165, 1.54) is 6.07 Å². The minimum absolute atomic E-state index is 0.155. The van der Waals surface area contributed by atoms with Crippen molar-refractivity contribution in [2.24, 2.45) is 0 Å². The molecule has 0 heterocycles. The Hall–Kier alpha value is -0.860. The van der Waals surface area contributed by atoms with Crippen LogP contribution in [0.5, 0.6) is 0 Å². The van der Waals surface area contributed by atoms with Gasteiger partial charge in [0.1, 0.15) is 5.82 Å². The van der Waals surface area contributed by atoms with E-state index < -0.39 is 0 Å². The fraction of sp³-hybridized carbons (Fsp3) is 0.273. The Kier molecular flexibility index (Phi) is 4.11. The Balaban J connectivity index is 2.98. The Labute approximate surface area is 88.6 Å². The maximum Gasteiger partial charge on any atom is 0.129 e. The van der Waals surface area contributed by atoms with Crippen molar-refractivity contribution in [2.45, 2.75) is 13.0 Å². The largest absolute Gasteiger partial charge is 0.307 e. The molecule has 1 N–H and O–H groups in total. The predicted molar refractivity (Wildman–Crippen MR) is 58.0 cm³/mol.